The third kappa shape index (κ3) is 6.56. The van der Waals surface area contributed by atoms with Crippen molar-refractivity contribution in [1.29, 1.82) is 0 Å². The highest BCUT2D eigenvalue weighted by Crippen LogP contribution is 2.16. The molecule has 1 saturated heterocycles. The molecular weight excluding hydrogens is 441 g/mol. The SMILES string of the molecule is CCNC(=NCC(OC)c1ccccc1)NC1CCS(=O)(=O)C1.I. The Morgan fingerprint density at radius 2 is 2.08 bits per heavy atom. The number of nitrogens with zero attached hydrogens (tertiary/aromatic N) is 1. The van der Waals surface area contributed by atoms with Crippen molar-refractivity contribution in [3.05, 3.63) is 35.9 Å². The molecule has 0 saturated carbocycles. The highest BCUT2D eigenvalue weighted by molar-refractivity contribution is 14.0. The predicted octanol–water partition coefficient (Wildman–Crippen LogP) is 1.73. The Morgan fingerprint density at radius 3 is 2.62 bits per heavy atom. The lowest BCUT2D eigenvalue weighted by molar-refractivity contribution is 0.111. The Labute approximate surface area is 161 Å². The first-order chi connectivity index (χ1) is 11.0. The van der Waals surface area contributed by atoms with Crippen LogP contribution in [0, 0.1) is 0 Å². The maximum absolute atomic E-state index is 11.6. The third-order valence-electron chi connectivity index (χ3n) is 3.79. The molecule has 1 aromatic carbocycles. The van der Waals surface area contributed by atoms with Gasteiger partial charge < -0.3 is 15.4 Å². The summed E-state index contributed by atoms with van der Waals surface area (Å²) in [5, 5.41) is 6.36. The molecule has 1 heterocycles. The van der Waals surface area contributed by atoms with Crippen LogP contribution in [0.3, 0.4) is 0 Å². The van der Waals surface area contributed by atoms with Gasteiger partial charge in [0, 0.05) is 19.7 Å². The van der Waals surface area contributed by atoms with Gasteiger partial charge >= 0.3 is 0 Å². The molecule has 0 amide bonds. The van der Waals surface area contributed by atoms with Crippen molar-refractivity contribution in [3.8, 4) is 0 Å². The first-order valence-electron chi connectivity index (χ1n) is 7.87. The predicted molar refractivity (Wildman–Crippen MR) is 108 cm³/mol. The van der Waals surface area contributed by atoms with Crippen LogP contribution in [0.5, 0.6) is 0 Å². The minimum Gasteiger partial charge on any atom is -0.375 e. The highest BCUT2D eigenvalue weighted by atomic mass is 127. The molecule has 2 atom stereocenters. The molecule has 1 aliphatic heterocycles. The van der Waals surface area contributed by atoms with Crippen LogP contribution in [0.15, 0.2) is 35.3 Å². The number of halogens is 1. The average molecular weight is 467 g/mol. The first-order valence-corrected chi connectivity index (χ1v) is 9.69. The molecular formula is C16H26IN3O3S. The Balaban J connectivity index is 0.00000288. The van der Waals surface area contributed by atoms with E-state index in [1.165, 1.54) is 0 Å². The van der Waals surface area contributed by atoms with E-state index in [4.69, 9.17) is 4.74 Å². The topological polar surface area (TPSA) is 79.8 Å². The number of hydrogen-bond acceptors (Lipinski definition) is 4. The molecule has 0 bridgehead atoms. The minimum atomic E-state index is -2.90. The summed E-state index contributed by atoms with van der Waals surface area (Å²) in [6, 6.07) is 9.85. The Morgan fingerprint density at radius 1 is 1.38 bits per heavy atom. The van der Waals surface area contributed by atoms with Crippen molar-refractivity contribution in [1.82, 2.24) is 10.6 Å². The van der Waals surface area contributed by atoms with Gasteiger partial charge in [0.15, 0.2) is 15.8 Å². The zero-order valence-corrected chi connectivity index (χ0v) is 17.2. The van der Waals surface area contributed by atoms with E-state index < -0.39 is 9.84 Å². The smallest absolute Gasteiger partial charge is 0.191 e. The van der Waals surface area contributed by atoms with E-state index in [0.29, 0.717) is 25.5 Å². The van der Waals surface area contributed by atoms with Gasteiger partial charge in [-0.3, -0.25) is 4.99 Å². The summed E-state index contributed by atoms with van der Waals surface area (Å²) in [5.41, 5.74) is 1.07. The highest BCUT2D eigenvalue weighted by Gasteiger charge is 2.28. The molecule has 1 fully saturated rings. The molecule has 2 unspecified atom stereocenters. The molecule has 2 rings (SSSR count). The number of ether oxygens (including phenoxy) is 1. The number of hydrogen-bond donors (Lipinski definition) is 2. The summed E-state index contributed by atoms with van der Waals surface area (Å²) in [6.07, 6.45) is 0.498. The van der Waals surface area contributed by atoms with E-state index in [0.717, 1.165) is 5.56 Å². The van der Waals surface area contributed by atoms with Gasteiger partial charge in [-0.25, -0.2) is 8.42 Å². The van der Waals surface area contributed by atoms with E-state index in [1.54, 1.807) is 7.11 Å². The summed E-state index contributed by atoms with van der Waals surface area (Å²) in [5.74, 6) is 1.05. The Hall–Kier alpha value is -0.870. The number of benzene rings is 1. The van der Waals surface area contributed by atoms with Gasteiger partial charge in [0.05, 0.1) is 18.1 Å². The van der Waals surface area contributed by atoms with Crippen molar-refractivity contribution >= 4 is 39.8 Å². The summed E-state index contributed by atoms with van der Waals surface area (Å²) in [6.45, 7) is 3.16. The first kappa shape index (κ1) is 21.2. The van der Waals surface area contributed by atoms with E-state index in [1.807, 2.05) is 37.3 Å². The van der Waals surface area contributed by atoms with Gasteiger partial charge in [0.2, 0.25) is 0 Å². The second-order valence-electron chi connectivity index (χ2n) is 5.60. The lowest BCUT2D eigenvalue weighted by Gasteiger charge is -2.18. The lowest BCUT2D eigenvalue weighted by Crippen LogP contribution is -2.44. The number of aliphatic imine (C=N–C) groups is 1. The van der Waals surface area contributed by atoms with Crippen molar-refractivity contribution in [2.24, 2.45) is 4.99 Å². The summed E-state index contributed by atoms with van der Waals surface area (Å²) in [7, 11) is -1.24. The van der Waals surface area contributed by atoms with Crippen LogP contribution < -0.4 is 10.6 Å². The second-order valence-corrected chi connectivity index (χ2v) is 7.83. The monoisotopic (exact) mass is 467 g/mol. The fourth-order valence-electron chi connectivity index (χ4n) is 2.58. The van der Waals surface area contributed by atoms with E-state index in [-0.39, 0.29) is 47.6 Å². The maximum atomic E-state index is 11.6. The lowest BCUT2D eigenvalue weighted by atomic mass is 10.1. The fourth-order valence-corrected chi connectivity index (χ4v) is 4.25. The molecule has 1 aliphatic rings. The number of guanidine groups is 1. The van der Waals surface area contributed by atoms with Crippen LogP contribution in [0.2, 0.25) is 0 Å². The van der Waals surface area contributed by atoms with Crippen LogP contribution in [-0.4, -0.2) is 52.1 Å². The van der Waals surface area contributed by atoms with Gasteiger partial charge in [-0.05, 0) is 18.9 Å². The molecule has 2 N–H and O–H groups in total. The number of methoxy groups -OCH3 is 1. The average Bonchev–Trinajstić information content (AvgIpc) is 2.88. The molecule has 0 aliphatic carbocycles. The van der Waals surface area contributed by atoms with E-state index in [9.17, 15) is 8.42 Å². The van der Waals surface area contributed by atoms with E-state index in [2.05, 4.69) is 15.6 Å². The summed E-state index contributed by atoms with van der Waals surface area (Å²) < 4.78 is 28.6. The van der Waals surface area contributed by atoms with Gasteiger partial charge in [-0.15, -0.1) is 24.0 Å². The zero-order valence-electron chi connectivity index (χ0n) is 14.1. The molecule has 8 heteroatoms. The molecule has 136 valence electrons. The van der Waals surface area contributed by atoms with Gasteiger partial charge in [0.1, 0.15) is 6.10 Å². The van der Waals surface area contributed by atoms with Crippen LogP contribution >= 0.6 is 24.0 Å². The van der Waals surface area contributed by atoms with E-state index >= 15 is 0 Å². The second kappa shape index (κ2) is 10.2. The van der Waals surface area contributed by atoms with Crippen LogP contribution in [-0.2, 0) is 14.6 Å². The van der Waals surface area contributed by atoms with Gasteiger partial charge in [0.25, 0.3) is 0 Å². The molecule has 6 nitrogen and oxygen atoms in total. The summed E-state index contributed by atoms with van der Waals surface area (Å²) >= 11 is 0. The fraction of sp³-hybridized carbons (Fsp3) is 0.562. The zero-order chi connectivity index (χ0) is 16.7. The van der Waals surface area contributed by atoms with Gasteiger partial charge in [-0.2, -0.15) is 0 Å². The van der Waals surface area contributed by atoms with Crippen molar-refractivity contribution in [3.63, 3.8) is 0 Å². The van der Waals surface area contributed by atoms with Crippen LogP contribution in [0.4, 0.5) is 0 Å². The normalized spacial score (nSPS) is 20.9. The molecule has 1 aromatic rings. The number of nitrogens with one attached hydrogen (secondary N) is 2. The number of rotatable bonds is 6. The molecule has 0 radical (unpaired) electrons. The van der Waals surface area contributed by atoms with Gasteiger partial charge in [-0.1, -0.05) is 30.3 Å². The standard InChI is InChI=1S/C16H25N3O3S.HI/c1-3-17-16(19-14-9-10-23(20,21)12-14)18-11-15(22-2)13-7-5-4-6-8-13;/h4-8,14-15H,3,9-12H2,1-2H3,(H2,17,18,19);1H. The Bertz CT molecular complexity index is 623. The minimum absolute atomic E-state index is 0. The van der Waals surface area contributed by atoms with Crippen molar-refractivity contribution in [2.45, 2.75) is 25.5 Å². The van der Waals surface area contributed by atoms with Crippen molar-refractivity contribution in [2.75, 3.05) is 31.7 Å². The van der Waals surface area contributed by atoms with Crippen LogP contribution in [0.25, 0.3) is 0 Å². The molecule has 0 spiro atoms. The molecule has 0 aromatic heterocycles. The van der Waals surface area contributed by atoms with Crippen LogP contribution in [0.1, 0.15) is 25.0 Å². The third-order valence-corrected chi connectivity index (χ3v) is 5.56. The maximum Gasteiger partial charge on any atom is 0.191 e. The largest absolute Gasteiger partial charge is 0.375 e. The summed E-state index contributed by atoms with van der Waals surface area (Å²) in [4.78, 5) is 4.55. The quantitative estimate of drug-likeness (QED) is 0.379. The molecule has 24 heavy (non-hydrogen) atoms. The Kier molecular flexibility index (Phi) is 8.99. The van der Waals surface area contributed by atoms with Crippen molar-refractivity contribution < 1.29 is 13.2 Å². The number of sulfone groups is 1.